The fraction of sp³-hybridized carbons (Fsp3) is 0.429. The molecule has 0 aliphatic heterocycles. The third kappa shape index (κ3) is 10.2. The summed E-state index contributed by atoms with van der Waals surface area (Å²) < 4.78 is 41.1. The van der Waals surface area contributed by atoms with Crippen LogP contribution in [0.5, 0.6) is 0 Å². The first-order valence-corrected chi connectivity index (χ1v) is 9.64. The van der Waals surface area contributed by atoms with Crippen LogP contribution < -0.4 is 15.5 Å². The first-order chi connectivity index (χ1) is 14.3. The maximum absolute atomic E-state index is 12.1. The Bertz CT molecular complexity index is 813. The number of hydrogen-bond donors (Lipinski definition) is 2. The maximum atomic E-state index is 12.1. The molecule has 6 nitrogen and oxygen atoms in total. The fourth-order valence-corrected chi connectivity index (χ4v) is 2.69. The monoisotopic (exact) mass is 551 g/mol. The van der Waals surface area contributed by atoms with Crippen LogP contribution in [0.2, 0.25) is 0 Å². The van der Waals surface area contributed by atoms with Gasteiger partial charge in [-0.2, -0.15) is 13.2 Å². The van der Waals surface area contributed by atoms with E-state index >= 15 is 0 Å². The van der Waals surface area contributed by atoms with Gasteiger partial charge in [0.15, 0.2) is 5.96 Å². The Morgan fingerprint density at radius 2 is 1.77 bits per heavy atom. The number of hydrogen-bond acceptors (Lipinski definition) is 4. The van der Waals surface area contributed by atoms with Crippen LogP contribution in [-0.4, -0.2) is 44.4 Å². The van der Waals surface area contributed by atoms with Crippen LogP contribution in [0.15, 0.2) is 47.6 Å². The normalized spacial score (nSPS) is 11.6. The molecule has 1 heterocycles. The van der Waals surface area contributed by atoms with E-state index in [-0.39, 0.29) is 30.6 Å². The van der Waals surface area contributed by atoms with E-state index in [2.05, 4.69) is 25.3 Å². The van der Waals surface area contributed by atoms with Gasteiger partial charge in [0.05, 0.1) is 13.2 Å². The molecule has 0 unspecified atom stereocenters. The molecular weight excluding hydrogens is 522 g/mol. The molecule has 0 fully saturated rings. The number of nitrogens with zero attached hydrogens (tertiary/aromatic N) is 3. The zero-order valence-electron chi connectivity index (χ0n) is 17.9. The summed E-state index contributed by atoms with van der Waals surface area (Å²) in [4.78, 5) is 10.9. The standard InChI is InChI=1S/C21H28F3N5O.HI/c1-4-25-20(28-13-18-6-5-11-26-19(18)29(2)3)27-12-16-7-9-17(10-8-16)14-30-15-21(22,23)24;/h5-11H,4,12-15H2,1-3H3,(H2,25,27,28);1H. The number of guanidine groups is 1. The quantitative estimate of drug-likeness (QED) is 0.279. The van der Waals surface area contributed by atoms with Gasteiger partial charge in [-0.3, -0.25) is 0 Å². The van der Waals surface area contributed by atoms with Crippen LogP contribution in [0, 0.1) is 0 Å². The van der Waals surface area contributed by atoms with Gasteiger partial charge in [-0.15, -0.1) is 24.0 Å². The largest absolute Gasteiger partial charge is 0.411 e. The van der Waals surface area contributed by atoms with Crippen molar-refractivity contribution < 1.29 is 17.9 Å². The van der Waals surface area contributed by atoms with E-state index in [4.69, 9.17) is 0 Å². The topological polar surface area (TPSA) is 61.8 Å². The molecule has 0 spiro atoms. The van der Waals surface area contributed by atoms with Gasteiger partial charge in [-0.1, -0.05) is 30.3 Å². The highest BCUT2D eigenvalue weighted by molar-refractivity contribution is 14.0. The van der Waals surface area contributed by atoms with Gasteiger partial charge in [0.2, 0.25) is 0 Å². The zero-order valence-corrected chi connectivity index (χ0v) is 20.2. The van der Waals surface area contributed by atoms with E-state index in [1.54, 1.807) is 18.3 Å². The molecule has 1 aromatic heterocycles. The number of alkyl halides is 3. The van der Waals surface area contributed by atoms with Crippen LogP contribution in [0.1, 0.15) is 23.6 Å². The number of anilines is 1. The van der Waals surface area contributed by atoms with Crippen molar-refractivity contribution in [3.63, 3.8) is 0 Å². The van der Waals surface area contributed by atoms with Crippen LogP contribution in [-0.2, 0) is 24.4 Å². The van der Waals surface area contributed by atoms with Crippen molar-refractivity contribution in [1.29, 1.82) is 0 Å². The van der Waals surface area contributed by atoms with Crippen molar-refractivity contribution in [2.45, 2.75) is 32.8 Å². The molecular formula is C21H29F3IN5O. The van der Waals surface area contributed by atoms with Gasteiger partial charge in [0.25, 0.3) is 0 Å². The van der Waals surface area contributed by atoms with Crippen LogP contribution in [0.25, 0.3) is 0 Å². The summed E-state index contributed by atoms with van der Waals surface area (Å²) in [5, 5.41) is 6.51. The highest BCUT2D eigenvalue weighted by Crippen LogP contribution is 2.16. The number of aliphatic imine (C=N–C) groups is 1. The van der Waals surface area contributed by atoms with E-state index in [0.717, 1.165) is 23.5 Å². The number of ether oxygens (including phenoxy) is 1. The van der Waals surface area contributed by atoms with Gasteiger partial charge in [0.1, 0.15) is 12.4 Å². The molecule has 0 saturated heterocycles. The van der Waals surface area contributed by atoms with Gasteiger partial charge >= 0.3 is 6.18 Å². The Morgan fingerprint density at radius 3 is 2.39 bits per heavy atom. The van der Waals surface area contributed by atoms with Crippen molar-refractivity contribution in [1.82, 2.24) is 15.6 Å². The zero-order chi connectivity index (χ0) is 22.0. The molecule has 0 aliphatic rings. The summed E-state index contributed by atoms with van der Waals surface area (Å²) in [6, 6.07) is 11.1. The highest BCUT2D eigenvalue weighted by Gasteiger charge is 2.27. The molecule has 0 aliphatic carbocycles. The van der Waals surface area contributed by atoms with Gasteiger partial charge < -0.3 is 20.3 Å². The molecule has 2 rings (SSSR count). The molecule has 0 bridgehead atoms. The number of pyridine rings is 1. The number of rotatable bonds is 9. The molecule has 10 heteroatoms. The van der Waals surface area contributed by atoms with Crippen molar-refractivity contribution in [2.75, 3.05) is 32.1 Å². The Hall–Kier alpha value is -2.08. The molecule has 2 aromatic rings. The van der Waals surface area contributed by atoms with E-state index in [1.165, 1.54) is 0 Å². The number of aromatic nitrogens is 1. The minimum Gasteiger partial charge on any atom is -0.367 e. The third-order valence-electron chi connectivity index (χ3n) is 4.06. The number of nitrogens with one attached hydrogen (secondary N) is 2. The minimum absolute atomic E-state index is 0. The van der Waals surface area contributed by atoms with Crippen molar-refractivity contribution in [3.8, 4) is 0 Å². The SMILES string of the molecule is CCNC(=NCc1ccc(COCC(F)(F)F)cc1)NCc1cccnc1N(C)C.I. The minimum atomic E-state index is -4.31. The summed E-state index contributed by atoms with van der Waals surface area (Å²) in [5.74, 6) is 1.56. The first kappa shape index (κ1) is 27.0. The molecule has 2 N–H and O–H groups in total. The second-order valence-electron chi connectivity index (χ2n) is 6.85. The summed E-state index contributed by atoms with van der Waals surface area (Å²) in [6.45, 7) is 2.39. The third-order valence-corrected chi connectivity index (χ3v) is 4.06. The second-order valence-corrected chi connectivity index (χ2v) is 6.85. The molecule has 0 amide bonds. The van der Waals surface area contributed by atoms with E-state index in [9.17, 15) is 13.2 Å². The van der Waals surface area contributed by atoms with Crippen LogP contribution in [0.3, 0.4) is 0 Å². The van der Waals surface area contributed by atoms with Crippen molar-refractivity contribution in [2.24, 2.45) is 4.99 Å². The lowest BCUT2D eigenvalue weighted by Gasteiger charge is -2.17. The fourth-order valence-electron chi connectivity index (χ4n) is 2.69. The lowest BCUT2D eigenvalue weighted by Crippen LogP contribution is -2.37. The molecule has 1 aromatic carbocycles. The highest BCUT2D eigenvalue weighted by atomic mass is 127. The van der Waals surface area contributed by atoms with Gasteiger partial charge in [0, 0.05) is 38.9 Å². The molecule has 172 valence electrons. The predicted molar refractivity (Wildman–Crippen MR) is 128 cm³/mol. The predicted octanol–water partition coefficient (Wildman–Crippen LogP) is 4.10. The van der Waals surface area contributed by atoms with Crippen LogP contribution in [0.4, 0.5) is 19.0 Å². The first-order valence-electron chi connectivity index (χ1n) is 9.64. The summed E-state index contributed by atoms with van der Waals surface area (Å²) in [6.07, 6.45) is -2.55. The Kier molecular flexibility index (Phi) is 11.6. The van der Waals surface area contributed by atoms with E-state index in [1.807, 2.05) is 50.2 Å². The Labute approximate surface area is 198 Å². The average Bonchev–Trinajstić information content (AvgIpc) is 2.70. The maximum Gasteiger partial charge on any atom is 0.411 e. The Morgan fingerprint density at radius 1 is 1.10 bits per heavy atom. The van der Waals surface area contributed by atoms with E-state index in [0.29, 0.717) is 24.6 Å². The number of benzene rings is 1. The Balaban J connectivity index is 0.00000480. The van der Waals surface area contributed by atoms with Crippen molar-refractivity contribution >= 4 is 35.8 Å². The van der Waals surface area contributed by atoms with Gasteiger partial charge in [-0.05, 0) is 24.1 Å². The van der Waals surface area contributed by atoms with Gasteiger partial charge in [-0.25, -0.2) is 9.98 Å². The molecule has 31 heavy (non-hydrogen) atoms. The molecule has 0 atom stereocenters. The molecule has 0 saturated carbocycles. The number of halogens is 4. The van der Waals surface area contributed by atoms with Crippen molar-refractivity contribution in [3.05, 3.63) is 59.3 Å². The smallest absolute Gasteiger partial charge is 0.367 e. The second kappa shape index (κ2) is 13.4. The average molecular weight is 551 g/mol. The molecule has 0 radical (unpaired) electrons. The van der Waals surface area contributed by atoms with Crippen LogP contribution >= 0.6 is 24.0 Å². The lowest BCUT2D eigenvalue weighted by atomic mass is 10.1. The van der Waals surface area contributed by atoms with E-state index < -0.39 is 12.8 Å². The summed E-state index contributed by atoms with van der Waals surface area (Å²) in [7, 11) is 3.89. The lowest BCUT2D eigenvalue weighted by molar-refractivity contribution is -0.176. The summed E-state index contributed by atoms with van der Waals surface area (Å²) in [5.41, 5.74) is 2.68. The summed E-state index contributed by atoms with van der Waals surface area (Å²) >= 11 is 0.